The van der Waals surface area contributed by atoms with Crippen molar-refractivity contribution >= 4 is 0 Å². The molecular formula is C21H26ClN3O. The summed E-state index contributed by atoms with van der Waals surface area (Å²) in [5.41, 5.74) is 7.85. The molecule has 26 heavy (non-hydrogen) atoms. The normalized spacial score (nSPS) is 9.77. The molecule has 0 spiro atoms. The zero-order valence-corrected chi connectivity index (χ0v) is 17.0. The zero-order valence-electron chi connectivity index (χ0n) is 16.2. The number of rotatable bonds is 1. The molecule has 0 amide bonds. The Morgan fingerprint density at radius 3 is 1.46 bits per heavy atom. The minimum Gasteiger partial charge on any atom is -1.00 e. The molecule has 3 aromatic heterocycles. The monoisotopic (exact) mass is 371 g/mol. The van der Waals surface area contributed by atoms with Crippen LogP contribution < -0.4 is 17.0 Å². The van der Waals surface area contributed by atoms with Gasteiger partial charge in [0.15, 0.2) is 12.4 Å². The predicted octanol–water partition coefficient (Wildman–Crippen LogP) is 1.00. The van der Waals surface area contributed by atoms with E-state index in [-0.39, 0.29) is 12.4 Å². The van der Waals surface area contributed by atoms with Gasteiger partial charge in [0.2, 0.25) is 5.69 Å². The highest BCUT2D eigenvalue weighted by molar-refractivity contribution is 5.37. The van der Waals surface area contributed by atoms with E-state index in [0.717, 1.165) is 11.1 Å². The Morgan fingerprint density at radius 1 is 0.692 bits per heavy atom. The molecule has 0 radical (unpaired) electrons. The smallest absolute Gasteiger partial charge is 0.219 e. The minimum absolute atomic E-state index is 0. The molecule has 0 bridgehead atoms. The Bertz CT molecular complexity index is 834. The van der Waals surface area contributed by atoms with Crippen molar-refractivity contribution < 1.29 is 22.1 Å². The van der Waals surface area contributed by atoms with Crippen LogP contribution in [0, 0.1) is 41.5 Å². The third-order valence-corrected chi connectivity index (χ3v) is 3.97. The molecule has 3 aromatic rings. The first-order valence-corrected chi connectivity index (χ1v) is 8.31. The van der Waals surface area contributed by atoms with E-state index in [1.807, 2.05) is 26.2 Å². The molecule has 0 saturated carbocycles. The minimum atomic E-state index is 0. The van der Waals surface area contributed by atoms with Crippen LogP contribution >= 0.6 is 0 Å². The van der Waals surface area contributed by atoms with Crippen molar-refractivity contribution in [3.63, 3.8) is 0 Å². The van der Waals surface area contributed by atoms with Gasteiger partial charge in [-0.1, -0.05) is 0 Å². The van der Waals surface area contributed by atoms with Crippen LogP contribution in [0.4, 0.5) is 0 Å². The topological polar surface area (TPSA) is 49.9 Å². The van der Waals surface area contributed by atoms with Gasteiger partial charge in [-0.05, 0) is 47.6 Å². The summed E-state index contributed by atoms with van der Waals surface area (Å²) in [5.74, 6) is 0.352. The lowest BCUT2D eigenvalue weighted by molar-refractivity contribution is -0.597. The quantitative estimate of drug-likeness (QED) is 0.649. The van der Waals surface area contributed by atoms with Crippen molar-refractivity contribution in [2.45, 2.75) is 41.5 Å². The summed E-state index contributed by atoms with van der Waals surface area (Å²) in [7, 11) is 0. The van der Waals surface area contributed by atoms with E-state index < -0.39 is 0 Å². The third-order valence-electron chi connectivity index (χ3n) is 3.97. The summed E-state index contributed by atoms with van der Waals surface area (Å²) in [6.07, 6.45) is 11.4. The van der Waals surface area contributed by atoms with Gasteiger partial charge in [-0.25, -0.2) is 0 Å². The second-order valence-electron chi connectivity index (χ2n) is 6.54. The molecule has 0 aliphatic rings. The van der Waals surface area contributed by atoms with Gasteiger partial charge >= 0.3 is 0 Å². The van der Waals surface area contributed by atoms with E-state index >= 15 is 0 Å². The van der Waals surface area contributed by atoms with Crippen LogP contribution in [0.15, 0.2) is 43.2 Å². The molecule has 0 aliphatic heterocycles. The Balaban J connectivity index is 0.000000290. The summed E-state index contributed by atoms with van der Waals surface area (Å²) in [6.45, 7) is 12.1. The second-order valence-corrected chi connectivity index (χ2v) is 6.54. The molecule has 0 fully saturated rings. The van der Waals surface area contributed by atoms with Gasteiger partial charge in [-0.2, -0.15) is 4.57 Å². The van der Waals surface area contributed by atoms with Crippen molar-refractivity contribution in [2.24, 2.45) is 0 Å². The van der Waals surface area contributed by atoms with Crippen LogP contribution in [-0.2, 0) is 0 Å². The summed E-state index contributed by atoms with van der Waals surface area (Å²) < 4.78 is 2.19. The maximum atomic E-state index is 9.17. The standard InChI is InChI=1S/C14H17N2.C7H9NO.ClH/c1-10-5-11(2)9-16(8-10)14-12(3)6-15-7-13(14)4;1-5-3-8-4-6(2)7(5)9;/h5-9H,1-4H3;3-4H,1-2H3,(H,8,9);1H/q+1;;/p-1. The first-order valence-electron chi connectivity index (χ1n) is 8.31. The average Bonchev–Trinajstić information content (AvgIpc) is 2.52. The lowest BCUT2D eigenvalue weighted by Gasteiger charge is -2.04. The molecule has 0 aliphatic carbocycles. The van der Waals surface area contributed by atoms with Crippen LogP contribution in [0.1, 0.15) is 33.4 Å². The molecule has 3 rings (SSSR count). The van der Waals surface area contributed by atoms with Crippen molar-refractivity contribution in [2.75, 3.05) is 0 Å². The molecule has 0 aromatic carbocycles. The predicted molar refractivity (Wildman–Crippen MR) is 100 cm³/mol. The highest BCUT2D eigenvalue weighted by Crippen LogP contribution is 2.17. The molecule has 4 nitrogen and oxygen atoms in total. The van der Waals surface area contributed by atoms with Gasteiger partial charge < -0.3 is 17.5 Å². The van der Waals surface area contributed by atoms with Crippen molar-refractivity contribution in [3.8, 4) is 11.4 Å². The Kier molecular flexibility index (Phi) is 7.72. The van der Waals surface area contributed by atoms with Crippen LogP contribution in [0.5, 0.6) is 5.75 Å². The summed E-state index contributed by atoms with van der Waals surface area (Å²) in [4.78, 5) is 8.09. The third kappa shape index (κ3) is 5.27. The maximum absolute atomic E-state index is 9.17. The lowest BCUT2D eigenvalue weighted by atomic mass is 10.1. The number of aromatic nitrogens is 3. The van der Waals surface area contributed by atoms with Crippen molar-refractivity contribution in [1.29, 1.82) is 0 Å². The molecule has 1 N–H and O–H groups in total. The van der Waals surface area contributed by atoms with Crippen LogP contribution in [-0.4, -0.2) is 15.1 Å². The van der Waals surface area contributed by atoms with Crippen LogP contribution in [0.25, 0.3) is 5.69 Å². The van der Waals surface area contributed by atoms with E-state index in [0.29, 0.717) is 5.75 Å². The molecular weight excluding hydrogens is 346 g/mol. The van der Waals surface area contributed by atoms with Gasteiger partial charge in [0.25, 0.3) is 0 Å². The number of halogens is 1. The number of nitrogens with zero attached hydrogens (tertiary/aromatic N) is 3. The van der Waals surface area contributed by atoms with Crippen molar-refractivity contribution in [1.82, 2.24) is 9.97 Å². The van der Waals surface area contributed by atoms with Crippen LogP contribution in [0.3, 0.4) is 0 Å². The Morgan fingerprint density at radius 2 is 1.08 bits per heavy atom. The maximum Gasteiger partial charge on any atom is 0.219 e. The molecule has 5 heteroatoms. The van der Waals surface area contributed by atoms with Gasteiger partial charge in [0.1, 0.15) is 5.75 Å². The SMILES string of the molecule is Cc1cc(C)c[n+](-c2c(C)cncc2C)c1.Cc1cncc(C)c1O.[Cl-]. The van der Waals surface area contributed by atoms with Crippen LogP contribution in [0.2, 0.25) is 0 Å². The highest BCUT2D eigenvalue weighted by atomic mass is 35.5. The first-order chi connectivity index (χ1) is 11.8. The molecule has 0 atom stereocenters. The molecule has 0 saturated heterocycles. The number of aromatic hydroxyl groups is 1. The van der Waals surface area contributed by atoms with E-state index in [4.69, 9.17) is 5.11 Å². The fraction of sp³-hybridized carbons (Fsp3) is 0.286. The number of hydrogen-bond donors (Lipinski definition) is 1. The van der Waals surface area contributed by atoms with Gasteiger partial charge in [0.05, 0.1) is 0 Å². The number of aryl methyl sites for hydroxylation is 6. The molecule has 0 unspecified atom stereocenters. The van der Waals surface area contributed by atoms with Gasteiger partial charge in [-0.15, -0.1) is 0 Å². The first kappa shape index (κ1) is 21.6. The largest absolute Gasteiger partial charge is 1.00 e. The fourth-order valence-electron chi connectivity index (χ4n) is 2.83. The Labute approximate surface area is 162 Å². The van der Waals surface area contributed by atoms with Crippen molar-refractivity contribution in [3.05, 3.63) is 76.6 Å². The Hall–Kier alpha value is -2.46. The van der Waals surface area contributed by atoms with Gasteiger partial charge in [0, 0.05) is 58.2 Å². The highest BCUT2D eigenvalue weighted by Gasteiger charge is 2.14. The molecule has 138 valence electrons. The zero-order chi connectivity index (χ0) is 18.6. The lowest BCUT2D eigenvalue weighted by Crippen LogP contribution is -3.00. The summed E-state index contributed by atoms with van der Waals surface area (Å²) >= 11 is 0. The van der Waals surface area contributed by atoms with E-state index in [1.54, 1.807) is 12.4 Å². The number of pyridine rings is 3. The average molecular weight is 372 g/mol. The van der Waals surface area contributed by atoms with E-state index in [9.17, 15) is 0 Å². The molecule has 3 heterocycles. The fourth-order valence-corrected chi connectivity index (χ4v) is 2.83. The summed E-state index contributed by atoms with van der Waals surface area (Å²) in [6, 6.07) is 2.18. The summed E-state index contributed by atoms with van der Waals surface area (Å²) in [5, 5.41) is 9.17. The van der Waals surface area contributed by atoms with E-state index in [2.05, 4.69) is 60.7 Å². The van der Waals surface area contributed by atoms with Gasteiger partial charge in [-0.3, -0.25) is 9.97 Å². The number of hydrogen-bond acceptors (Lipinski definition) is 3. The van der Waals surface area contributed by atoms with E-state index in [1.165, 1.54) is 27.9 Å². The second kappa shape index (κ2) is 9.30.